The van der Waals surface area contributed by atoms with Crippen LogP contribution in [0.1, 0.15) is 15.9 Å². The van der Waals surface area contributed by atoms with Gasteiger partial charge in [0.05, 0.1) is 5.69 Å². The van der Waals surface area contributed by atoms with E-state index in [1.807, 2.05) is 37.3 Å². The molecule has 3 aromatic carbocycles. The Labute approximate surface area is 150 Å². The smallest absolute Gasteiger partial charge is 0.259 e. The van der Waals surface area contributed by atoms with E-state index in [9.17, 15) is 9.59 Å². The maximum Gasteiger partial charge on any atom is 0.259 e. The number of amides is 2. The molecule has 0 saturated heterocycles. The summed E-state index contributed by atoms with van der Waals surface area (Å²) < 4.78 is 0. The molecule has 124 valence electrons. The van der Waals surface area contributed by atoms with Gasteiger partial charge in [0.1, 0.15) is 6.54 Å². The fraction of sp³-hybridized carbons (Fsp3) is 0.100. The average molecular weight is 351 g/mol. The predicted octanol–water partition coefficient (Wildman–Crippen LogP) is 4.40. The molecule has 1 aliphatic rings. The Bertz CT molecular complexity index is 1020. The molecule has 1 heterocycles. The van der Waals surface area contributed by atoms with Gasteiger partial charge in [0.15, 0.2) is 0 Å². The summed E-state index contributed by atoms with van der Waals surface area (Å²) in [6, 6.07) is 16.6. The third-order valence-electron chi connectivity index (χ3n) is 4.41. The molecular formula is C20H15ClN2O2. The van der Waals surface area contributed by atoms with Crippen LogP contribution in [0.5, 0.6) is 0 Å². The van der Waals surface area contributed by atoms with E-state index >= 15 is 0 Å². The third-order valence-corrected chi connectivity index (χ3v) is 4.65. The standard InChI is InChI=1S/C20H15ClN2O2/c1-12-10-14(21)8-9-16(12)22-18(24)11-23-17-7-3-5-13-4-2-6-15(19(13)17)20(23)25/h2-10H,11H2,1H3,(H,22,24). The van der Waals surface area contributed by atoms with Gasteiger partial charge in [0.2, 0.25) is 5.91 Å². The molecule has 0 fully saturated rings. The van der Waals surface area contributed by atoms with Crippen molar-refractivity contribution >= 4 is 45.6 Å². The zero-order valence-electron chi connectivity index (χ0n) is 13.5. The number of nitrogens with one attached hydrogen (secondary N) is 1. The number of aryl methyl sites for hydroxylation is 1. The Hall–Kier alpha value is -2.85. The molecule has 0 aliphatic carbocycles. The maximum atomic E-state index is 12.7. The second-order valence-corrected chi connectivity index (χ2v) is 6.52. The van der Waals surface area contributed by atoms with Crippen LogP contribution in [-0.2, 0) is 4.79 Å². The molecule has 0 saturated carbocycles. The van der Waals surface area contributed by atoms with E-state index in [1.165, 1.54) is 4.90 Å². The molecule has 0 aromatic heterocycles. The van der Waals surface area contributed by atoms with Crippen LogP contribution in [0.2, 0.25) is 5.02 Å². The first-order chi connectivity index (χ1) is 12.0. The minimum atomic E-state index is -0.247. The highest BCUT2D eigenvalue weighted by Gasteiger charge is 2.30. The van der Waals surface area contributed by atoms with Crippen LogP contribution in [0, 0.1) is 6.92 Å². The third kappa shape index (κ3) is 2.65. The normalized spacial score (nSPS) is 12.7. The molecule has 25 heavy (non-hydrogen) atoms. The van der Waals surface area contributed by atoms with E-state index in [0.717, 1.165) is 22.0 Å². The van der Waals surface area contributed by atoms with Gasteiger partial charge in [0.25, 0.3) is 5.91 Å². The molecule has 2 amide bonds. The molecule has 0 bridgehead atoms. The number of carbonyl (C=O) groups excluding carboxylic acids is 2. The van der Waals surface area contributed by atoms with Crippen molar-refractivity contribution in [1.82, 2.24) is 0 Å². The Morgan fingerprint density at radius 1 is 1.12 bits per heavy atom. The first-order valence-electron chi connectivity index (χ1n) is 7.94. The first-order valence-corrected chi connectivity index (χ1v) is 8.32. The zero-order valence-corrected chi connectivity index (χ0v) is 14.3. The van der Waals surface area contributed by atoms with Gasteiger partial charge < -0.3 is 5.32 Å². The van der Waals surface area contributed by atoms with E-state index in [-0.39, 0.29) is 18.4 Å². The Balaban J connectivity index is 1.61. The number of carbonyl (C=O) groups is 2. The largest absolute Gasteiger partial charge is 0.324 e. The Morgan fingerprint density at radius 2 is 1.88 bits per heavy atom. The van der Waals surface area contributed by atoms with Crippen molar-refractivity contribution in [3.8, 4) is 0 Å². The molecule has 0 spiro atoms. The second kappa shape index (κ2) is 5.90. The highest BCUT2D eigenvalue weighted by atomic mass is 35.5. The van der Waals surface area contributed by atoms with Gasteiger partial charge in [-0.3, -0.25) is 14.5 Å². The SMILES string of the molecule is Cc1cc(Cl)ccc1NC(=O)CN1C(=O)c2cccc3cccc1c23. The zero-order chi connectivity index (χ0) is 17.6. The van der Waals surface area contributed by atoms with Crippen LogP contribution >= 0.6 is 11.6 Å². The molecule has 3 aromatic rings. The number of benzene rings is 3. The van der Waals surface area contributed by atoms with Crippen LogP contribution in [0.4, 0.5) is 11.4 Å². The van der Waals surface area contributed by atoms with Crippen molar-refractivity contribution in [3.05, 3.63) is 70.7 Å². The van der Waals surface area contributed by atoms with Gasteiger partial charge in [-0.2, -0.15) is 0 Å². The summed E-state index contributed by atoms with van der Waals surface area (Å²) in [5.74, 6) is -0.390. The second-order valence-electron chi connectivity index (χ2n) is 6.08. The highest BCUT2D eigenvalue weighted by molar-refractivity contribution is 6.30. The first kappa shape index (κ1) is 15.7. The van der Waals surface area contributed by atoms with Crippen LogP contribution < -0.4 is 10.2 Å². The molecule has 0 atom stereocenters. The number of rotatable bonds is 3. The Kier molecular flexibility index (Phi) is 3.70. The fourth-order valence-corrected chi connectivity index (χ4v) is 3.46. The summed E-state index contributed by atoms with van der Waals surface area (Å²) >= 11 is 5.94. The molecule has 1 N–H and O–H groups in total. The summed E-state index contributed by atoms with van der Waals surface area (Å²) in [6.45, 7) is 1.84. The van der Waals surface area contributed by atoms with Crippen molar-refractivity contribution in [2.45, 2.75) is 6.92 Å². The lowest BCUT2D eigenvalue weighted by atomic mass is 10.1. The van der Waals surface area contributed by atoms with E-state index < -0.39 is 0 Å². The molecule has 0 unspecified atom stereocenters. The highest BCUT2D eigenvalue weighted by Crippen LogP contribution is 2.37. The summed E-state index contributed by atoms with van der Waals surface area (Å²) in [4.78, 5) is 26.7. The number of anilines is 2. The Morgan fingerprint density at radius 3 is 2.64 bits per heavy atom. The van der Waals surface area contributed by atoms with E-state index in [4.69, 9.17) is 11.6 Å². The van der Waals surface area contributed by atoms with Crippen LogP contribution in [0.25, 0.3) is 10.8 Å². The molecule has 5 heteroatoms. The quantitative estimate of drug-likeness (QED) is 0.761. The minimum absolute atomic E-state index is 0.0330. The molecular weight excluding hydrogens is 336 g/mol. The molecule has 0 radical (unpaired) electrons. The van der Waals surface area contributed by atoms with E-state index in [2.05, 4.69) is 5.32 Å². The topological polar surface area (TPSA) is 49.4 Å². The van der Waals surface area contributed by atoms with E-state index in [0.29, 0.717) is 16.3 Å². The molecule has 4 nitrogen and oxygen atoms in total. The lowest BCUT2D eigenvalue weighted by molar-refractivity contribution is -0.114. The number of hydrogen-bond donors (Lipinski definition) is 1. The number of hydrogen-bond acceptors (Lipinski definition) is 2. The molecule has 1 aliphatic heterocycles. The number of halogens is 1. The van der Waals surface area contributed by atoms with Crippen LogP contribution in [0.15, 0.2) is 54.6 Å². The van der Waals surface area contributed by atoms with Crippen molar-refractivity contribution < 1.29 is 9.59 Å². The minimum Gasteiger partial charge on any atom is -0.324 e. The monoisotopic (exact) mass is 350 g/mol. The van der Waals surface area contributed by atoms with Crippen molar-refractivity contribution in [3.63, 3.8) is 0 Å². The van der Waals surface area contributed by atoms with Gasteiger partial charge in [0, 0.05) is 21.7 Å². The summed E-state index contributed by atoms with van der Waals surface area (Å²) in [5, 5.41) is 5.38. The summed E-state index contributed by atoms with van der Waals surface area (Å²) in [6.07, 6.45) is 0. The van der Waals surface area contributed by atoms with Gasteiger partial charge in [-0.25, -0.2) is 0 Å². The van der Waals surface area contributed by atoms with E-state index in [1.54, 1.807) is 24.3 Å². The van der Waals surface area contributed by atoms with Crippen LogP contribution in [-0.4, -0.2) is 18.4 Å². The average Bonchev–Trinajstić information content (AvgIpc) is 2.86. The lowest BCUT2D eigenvalue weighted by Crippen LogP contribution is -2.35. The van der Waals surface area contributed by atoms with Crippen molar-refractivity contribution in [2.75, 3.05) is 16.8 Å². The fourth-order valence-electron chi connectivity index (χ4n) is 3.24. The predicted molar refractivity (Wildman–Crippen MR) is 100 cm³/mol. The maximum absolute atomic E-state index is 12.7. The summed E-state index contributed by atoms with van der Waals surface area (Å²) in [5.41, 5.74) is 2.99. The lowest BCUT2D eigenvalue weighted by Gasteiger charge is -2.18. The van der Waals surface area contributed by atoms with Crippen LogP contribution in [0.3, 0.4) is 0 Å². The van der Waals surface area contributed by atoms with Crippen molar-refractivity contribution in [2.24, 2.45) is 0 Å². The van der Waals surface area contributed by atoms with Gasteiger partial charge >= 0.3 is 0 Å². The summed E-state index contributed by atoms with van der Waals surface area (Å²) in [7, 11) is 0. The molecule has 4 rings (SSSR count). The van der Waals surface area contributed by atoms with Gasteiger partial charge in [-0.15, -0.1) is 0 Å². The van der Waals surface area contributed by atoms with Gasteiger partial charge in [-0.05, 0) is 48.2 Å². The van der Waals surface area contributed by atoms with Gasteiger partial charge in [-0.1, -0.05) is 35.9 Å². The number of nitrogens with zero attached hydrogens (tertiary/aromatic N) is 1. The van der Waals surface area contributed by atoms with Crippen molar-refractivity contribution in [1.29, 1.82) is 0 Å².